The third kappa shape index (κ3) is 4.04. The van der Waals surface area contributed by atoms with Crippen LogP contribution in [0.15, 0.2) is 53.6 Å². The van der Waals surface area contributed by atoms with Crippen molar-refractivity contribution in [1.82, 2.24) is 4.98 Å². The summed E-state index contributed by atoms with van der Waals surface area (Å²) in [7, 11) is -3.65. The topological polar surface area (TPSA) is 82.3 Å². The normalized spacial score (nSPS) is 11.2. The number of hydrogen-bond acceptors (Lipinski definition) is 4. The van der Waals surface area contributed by atoms with Crippen molar-refractivity contribution in [2.45, 2.75) is 11.3 Å². The largest absolute Gasteiger partial charge is 0.493 e. The van der Waals surface area contributed by atoms with E-state index in [1.165, 1.54) is 12.1 Å². The maximum atomic E-state index is 11.1. The molecule has 0 amide bonds. The predicted octanol–water partition coefficient (Wildman–Crippen LogP) is 1.35. The second-order valence-electron chi connectivity index (χ2n) is 3.94. The van der Waals surface area contributed by atoms with Crippen LogP contribution in [0.2, 0.25) is 0 Å². The number of nitrogens with two attached hydrogens (primary N) is 1. The van der Waals surface area contributed by atoms with Gasteiger partial charge >= 0.3 is 0 Å². The molecule has 2 rings (SSSR count). The number of aromatic nitrogens is 1. The molecule has 0 aliphatic heterocycles. The predicted molar refractivity (Wildman–Crippen MR) is 71.3 cm³/mol. The Morgan fingerprint density at radius 2 is 1.84 bits per heavy atom. The van der Waals surface area contributed by atoms with Gasteiger partial charge in [0.25, 0.3) is 0 Å². The first-order valence-corrected chi connectivity index (χ1v) is 7.26. The van der Waals surface area contributed by atoms with Gasteiger partial charge in [0.2, 0.25) is 10.0 Å². The highest BCUT2D eigenvalue weighted by molar-refractivity contribution is 7.89. The van der Waals surface area contributed by atoms with Crippen molar-refractivity contribution in [1.29, 1.82) is 0 Å². The molecule has 100 valence electrons. The zero-order valence-electron chi connectivity index (χ0n) is 10.2. The number of nitrogens with zero attached hydrogens (tertiary/aromatic N) is 1. The zero-order valence-corrected chi connectivity index (χ0v) is 11.0. The number of primary sulfonamides is 1. The van der Waals surface area contributed by atoms with Crippen molar-refractivity contribution in [3.05, 3.63) is 54.4 Å². The van der Waals surface area contributed by atoms with Crippen LogP contribution in [0.3, 0.4) is 0 Å². The van der Waals surface area contributed by atoms with Gasteiger partial charge in [-0.2, -0.15) is 0 Å². The summed E-state index contributed by atoms with van der Waals surface area (Å²) >= 11 is 0. The molecule has 2 aromatic rings. The maximum Gasteiger partial charge on any atom is 0.238 e. The van der Waals surface area contributed by atoms with E-state index in [2.05, 4.69) is 4.98 Å². The average molecular weight is 278 g/mol. The molecule has 5 nitrogen and oxygen atoms in total. The maximum absolute atomic E-state index is 11.1. The van der Waals surface area contributed by atoms with E-state index >= 15 is 0 Å². The van der Waals surface area contributed by atoms with E-state index in [9.17, 15) is 8.42 Å². The molecule has 0 aliphatic carbocycles. The van der Waals surface area contributed by atoms with Gasteiger partial charge in [0.05, 0.1) is 11.5 Å². The summed E-state index contributed by atoms with van der Waals surface area (Å²) in [5, 5.41) is 5.01. The van der Waals surface area contributed by atoms with Crippen LogP contribution in [0.25, 0.3) is 0 Å². The smallest absolute Gasteiger partial charge is 0.238 e. The molecular formula is C13H14N2O3S. The van der Waals surface area contributed by atoms with E-state index in [1.807, 2.05) is 18.2 Å². The number of hydrogen-bond donors (Lipinski definition) is 1. The molecule has 6 heteroatoms. The van der Waals surface area contributed by atoms with Crippen LogP contribution >= 0.6 is 0 Å². The van der Waals surface area contributed by atoms with E-state index < -0.39 is 10.0 Å². The molecule has 1 aromatic heterocycles. The molecule has 0 atom stereocenters. The SMILES string of the molecule is NS(=O)(=O)c1ccc(OCCc2ccccn2)cc1. The van der Waals surface area contributed by atoms with Gasteiger partial charge in [0, 0.05) is 18.3 Å². The molecule has 0 bridgehead atoms. The highest BCUT2D eigenvalue weighted by Gasteiger charge is 2.06. The molecule has 0 saturated carbocycles. The minimum Gasteiger partial charge on any atom is -0.493 e. The van der Waals surface area contributed by atoms with Crippen LogP contribution < -0.4 is 9.88 Å². The molecule has 2 N–H and O–H groups in total. The van der Waals surface area contributed by atoms with E-state index in [0.717, 1.165) is 5.69 Å². The fourth-order valence-electron chi connectivity index (χ4n) is 1.55. The lowest BCUT2D eigenvalue weighted by Crippen LogP contribution is -2.11. The number of ether oxygens (including phenoxy) is 1. The van der Waals surface area contributed by atoms with Crippen molar-refractivity contribution >= 4 is 10.0 Å². The first-order chi connectivity index (χ1) is 9.05. The lowest BCUT2D eigenvalue weighted by Gasteiger charge is -2.06. The molecule has 1 heterocycles. The lowest BCUT2D eigenvalue weighted by atomic mass is 10.3. The van der Waals surface area contributed by atoms with E-state index in [-0.39, 0.29) is 4.90 Å². The van der Waals surface area contributed by atoms with Crippen molar-refractivity contribution in [3.63, 3.8) is 0 Å². The third-order valence-electron chi connectivity index (χ3n) is 2.51. The molecular weight excluding hydrogens is 264 g/mol. The Bertz CT molecular complexity index is 625. The lowest BCUT2D eigenvalue weighted by molar-refractivity contribution is 0.320. The van der Waals surface area contributed by atoms with Crippen LogP contribution in [-0.2, 0) is 16.4 Å². The second kappa shape index (κ2) is 5.81. The van der Waals surface area contributed by atoms with Crippen LogP contribution in [0.5, 0.6) is 5.75 Å². The highest BCUT2D eigenvalue weighted by atomic mass is 32.2. The number of sulfonamides is 1. The minimum absolute atomic E-state index is 0.0737. The van der Waals surface area contributed by atoms with Crippen molar-refractivity contribution in [2.75, 3.05) is 6.61 Å². The third-order valence-corrected chi connectivity index (χ3v) is 3.43. The first kappa shape index (κ1) is 13.5. The summed E-state index contributed by atoms with van der Waals surface area (Å²) in [6.45, 7) is 0.478. The monoisotopic (exact) mass is 278 g/mol. The molecule has 19 heavy (non-hydrogen) atoms. The molecule has 1 aromatic carbocycles. The Kier molecular flexibility index (Phi) is 4.13. The van der Waals surface area contributed by atoms with Gasteiger partial charge in [0.15, 0.2) is 0 Å². The van der Waals surface area contributed by atoms with Crippen LogP contribution in [0.4, 0.5) is 0 Å². The van der Waals surface area contributed by atoms with Crippen molar-refractivity contribution in [2.24, 2.45) is 5.14 Å². The highest BCUT2D eigenvalue weighted by Crippen LogP contribution is 2.15. The fourth-order valence-corrected chi connectivity index (χ4v) is 2.06. The van der Waals surface area contributed by atoms with Gasteiger partial charge in [-0.1, -0.05) is 6.07 Å². The van der Waals surface area contributed by atoms with Crippen molar-refractivity contribution in [3.8, 4) is 5.75 Å². The Hall–Kier alpha value is -1.92. The van der Waals surface area contributed by atoms with Gasteiger partial charge in [-0.3, -0.25) is 4.98 Å². The quantitative estimate of drug-likeness (QED) is 0.895. The molecule has 0 saturated heterocycles. The summed E-state index contributed by atoms with van der Waals surface area (Å²) in [5.74, 6) is 0.600. The number of benzene rings is 1. The van der Waals surface area contributed by atoms with E-state index in [0.29, 0.717) is 18.8 Å². The Morgan fingerprint density at radius 3 is 2.42 bits per heavy atom. The van der Waals surface area contributed by atoms with Gasteiger partial charge in [-0.25, -0.2) is 13.6 Å². The number of rotatable bonds is 5. The fraction of sp³-hybridized carbons (Fsp3) is 0.154. The Balaban J connectivity index is 1.90. The molecule has 0 unspecified atom stereocenters. The van der Waals surface area contributed by atoms with Crippen LogP contribution in [0.1, 0.15) is 5.69 Å². The standard InChI is InChI=1S/C13H14N2O3S/c14-19(16,17)13-6-4-12(5-7-13)18-10-8-11-3-1-2-9-15-11/h1-7,9H,8,10H2,(H2,14,16,17). The van der Waals surface area contributed by atoms with E-state index in [4.69, 9.17) is 9.88 Å². The number of pyridine rings is 1. The summed E-state index contributed by atoms with van der Waals surface area (Å²) in [5.41, 5.74) is 0.948. The molecule has 0 fully saturated rings. The molecule has 0 radical (unpaired) electrons. The van der Waals surface area contributed by atoms with Crippen LogP contribution in [-0.4, -0.2) is 20.0 Å². The molecule has 0 spiro atoms. The summed E-state index contributed by atoms with van der Waals surface area (Å²) in [4.78, 5) is 4.25. The second-order valence-corrected chi connectivity index (χ2v) is 5.50. The summed E-state index contributed by atoms with van der Waals surface area (Å²) in [6, 6.07) is 11.7. The Labute approximate surface area is 112 Å². The van der Waals surface area contributed by atoms with E-state index in [1.54, 1.807) is 18.3 Å². The van der Waals surface area contributed by atoms with Gasteiger partial charge in [0.1, 0.15) is 5.75 Å². The minimum atomic E-state index is -3.65. The van der Waals surface area contributed by atoms with Crippen LogP contribution in [0, 0.1) is 0 Å². The van der Waals surface area contributed by atoms with Crippen molar-refractivity contribution < 1.29 is 13.2 Å². The molecule has 0 aliphatic rings. The Morgan fingerprint density at radius 1 is 1.11 bits per heavy atom. The van der Waals surface area contributed by atoms with Gasteiger partial charge in [-0.15, -0.1) is 0 Å². The first-order valence-electron chi connectivity index (χ1n) is 5.71. The average Bonchev–Trinajstić information content (AvgIpc) is 2.39. The van der Waals surface area contributed by atoms with Gasteiger partial charge in [-0.05, 0) is 36.4 Å². The zero-order chi connectivity index (χ0) is 13.7. The summed E-state index contributed by atoms with van der Waals surface area (Å²) < 4.78 is 27.6. The summed E-state index contributed by atoms with van der Waals surface area (Å²) in [6.07, 6.45) is 2.42. The van der Waals surface area contributed by atoms with Gasteiger partial charge < -0.3 is 4.74 Å².